The summed E-state index contributed by atoms with van der Waals surface area (Å²) in [6.07, 6.45) is 5.53. The van der Waals surface area contributed by atoms with Gasteiger partial charge >= 0.3 is 0 Å². The van der Waals surface area contributed by atoms with Crippen molar-refractivity contribution in [3.63, 3.8) is 0 Å². The molecule has 2 heterocycles. The molecule has 191 valence electrons. The Kier molecular flexibility index (Phi) is 8.28. The summed E-state index contributed by atoms with van der Waals surface area (Å²) >= 11 is 0. The Morgan fingerprint density at radius 1 is 1.22 bits per heavy atom. The van der Waals surface area contributed by atoms with Gasteiger partial charge in [-0.3, -0.25) is 9.78 Å². The largest absolute Gasteiger partial charge is 0.399 e. The minimum absolute atomic E-state index is 0.00884. The fraction of sp³-hybridized carbons (Fsp3) is 0.333. The highest BCUT2D eigenvalue weighted by Crippen LogP contribution is 2.39. The molecule has 3 N–H and O–H groups in total. The van der Waals surface area contributed by atoms with Gasteiger partial charge in [-0.05, 0) is 55.0 Å². The highest BCUT2D eigenvalue weighted by atomic mass is 19.1. The Morgan fingerprint density at radius 2 is 2.03 bits per heavy atom. The van der Waals surface area contributed by atoms with Crippen molar-refractivity contribution in [2.45, 2.75) is 45.0 Å². The summed E-state index contributed by atoms with van der Waals surface area (Å²) in [5.41, 5.74) is 8.92. The van der Waals surface area contributed by atoms with Gasteiger partial charge in [0.05, 0.1) is 17.6 Å². The van der Waals surface area contributed by atoms with Gasteiger partial charge in [0.2, 0.25) is 0 Å². The number of halogens is 2. The number of hydrogen-bond donors (Lipinski definition) is 2. The van der Waals surface area contributed by atoms with Crippen molar-refractivity contribution in [2.75, 3.05) is 12.4 Å². The topological polar surface area (TPSA) is 102 Å². The Labute approximate surface area is 215 Å². The third-order valence-corrected chi connectivity index (χ3v) is 6.81. The first-order chi connectivity index (χ1) is 17.9. The maximum absolute atomic E-state index is 14.7. The lowest BCUT2D eigenvalue weighted by atomic mass is 9.70. The highest BCUT2D eigenvalue weighted by Gasteiger charge is 2.34. The number of rotatable bonds is 7. The minimum Gasteiger partial charge on any atom is -0.399 e. The van der Waals surface area contributed by atoms with Crippen molar-refractivity contribution in [2.24, 2.45) is 16.8 Å². The van der Waals surface area contributed by atoms with E-state index in [2.05, 4.69) is 27.4 Å². The molecule has 0 saturated heterocycles. The summed E-state index contributed by atoms with van der Waals surface area (Å²) in [5, 5.41) is 7.02. The third-order valence-electron chi connectivity index (χ3n) is 6.81. The standard InChI is InChI=1S/C27H29BF2N5O2/c1-4-15-12-16(13-21(31)25(15)35-37-3)17-10-11-32-14-23(17)34-27(36)22-9-8-20(30)26(33-22)24-18(28-2)6-5-7-19(24)29/h5-11,14-16,21H,4,12-13,31H2,1-3H3,(H,34,36). The maximum atomic E-state index is 14.7. The lowest BCUT2D eigenvalue weighted by Crippen LogP contribution is -2.42. The zero-order valence-corrected chi connectivity index (χ0v) is 21.0. The molecule has 10 heteroatoms. The molecule has 1 fully saturated rings. The second-order valence-corrected chi connectivity index (χ2v) is 9.02. The molecular weight excluding hydrogens is 475 g/mol. The van der Waals surface area contributed by atoms with E-state index in [1.165, 1.54) is 25.3 Å². The fourth-order valence-corrected chi connectivity index (χ4v) is 4.99. The number of pyridine rings is 2. The molecule has 3 unspecified atom stereocenters. The van der Waals surface area contributed by atoms with Crippen molar-refractivity contribution < 1.29 is 18.4 Å². The Morgan fingerprint density at radius 3 is 2.76 bits per heavy atom. The molecule has 1 radical (unpaired) electrons. The third kappa shape index (κ3) is 5.54. The molecule has 3 aromatic rings. The van der Waals surface area contributed by atoms with E-state index in [0.29, 0.717) is 17.6 Å². The Balaban J connectivity index is 1.63. The molecule has 1 aromatic carbocycles. The molecule has 37 heavy (non-hydrogen) atoms. The molecule has 1 aliphatic carbocycles. The lowest BCUT2D eigenvalue weighted by Gasteiger charge is -2.34. The van der Waals surface area contributed by atoms with E-state index in [0.717, 1.165) is 30.2 Å². The first-order valence-electron chi connectivity index (χ1n) is 12.2. The number of nitrogens with one attached hydrogen (secondary N) is 1. The molecule has 1 aliphatic rings. The predicted molar refractivity (Wildman–Crippen MR) is 141 cm³/mol. The van der Waals surface area contributed by atoms with Crippen molar-refractivity contribution in [3.05, 3.63) is 71.7 Å². The number of carbonyl (C=O) groups is 1. The summed E-state index contributed by atoms with van der Waals surface area (Å²) in [6.45, 7) is 3.80. The van der Waals surface area contributed by atoms with Crippen molar-refractivity contribution in [1.29, 1.82) is 0 Å². The van der Waals surface area contributed by atoms with Gasteiger partial charge in [0.1, 0.15) is 37.4 Å². The van der Waals surface area contributed by atoms with Gasteiger partial charge in [0.15, 0.2) is 0 Å². The number of carbonyl (C=O) groups excluding carboxylic acids is 1. The van der Waals surface area contributed by atoms with Gasteiger partial charge in [0, 0.05) is 23.7 Å². The van der Waals surface area contributed by atoms with Crippen LogP contribution >= 0.6 is 0 Å². The number of nitrogens with two attached hydrogens (primary N) is 1. The average Bonchev–Trinajstić information content (AvgIpc) is 2.90. The number of aromatic nitrogens is 2. The van der Waals surface area contributed by atoms with E-state index in [9.17, 15) is 13.6 Å². The number of oxime groups is 1. The second kappa shape index (κ2) is 11.6. The van der Waals surface area contributed by atoms with Crippen LogP contribution in [0.3, 0.4) is 0 Å². The van der Waals surface area contributed by atoms with E-state index in [1.807, 2.05) is 6.07 Å². The normalized spacial score (nSPS) is 20.5. The zero-order valence-electron chi connectivity index (χ0n) is 21.0. The lowest BCUT2D eigenvalue weighted by molar-refractivity contribution is 0.102. The first-order valence-corrected chi connectivity index (χ1v) is 12.2. The number of nitrogens with zero attached hydrogens (tertiary/aromatic N) is 3. The predicted octanol–water partition coefficient (Wildman–Crippen LogP) is 4.29. The second-order valence-electron chi connectivity index (χ2n) is 9.02. The molecule has 0 bridgehead atoms. The van der Waals surface area contributed by atoms with Crippen LogP contribution in [0, 0.1) is 17.6 Å². The van der Waals surface area contributed by atoms with E-state index in [1.54, 1.807) is 32.6 Å². The van der Waals surface area contributed by atoms with Crippen LogP contribution in [0.2, 0.25) is 6.82 Å². The van der Waals surface area contributed by atoms with E-state index >= 15 is 0 Å². The fourth-order valence-electron chi connectivity index (χ4n) is 4.99. The number of benzene rings is 1. The van der Waals surface area contributed by atoms with E-state index in [4.69, 9.17) is 10.6 Å². The molecule has 4 rings (SSSR count). The van der Waals surface area contributed by atoms with Crippen LogP contribution in [0.4, 0.5) is 14.5 Å². The molecular formula is C27H29BF2N5O2. The quantitative estimate of drug-likeness (QED) is 0.369. The summed E-state index contributed by atoms with van der Waals surface area (Å²) < 4.78 is 29.4. The smallest absolute Gasteiger partial charge is 0.274 e. The molecule has 0 aliphatic heterocycles. The SMILES string of the molecule is C[B]c1cccc(F)c1-c1nc(C(=O)Nc2cnccc2C2CC(N)C(=NOC)C(CC)C2)ccc1F. The molecule has 2 aromatic heterocycles. The van der Waals surface area contributed by atoms with Gasteiger partial charge in [-0.15, -0.1) is 0 Å². The molecule has 3 atom stereocenters. The molecule has 0 spiro atoms. The van der Waals surface area contributed by atoms with Crippen LogP contribution in [0.5, 0.6) is 0 Å². The van der Waals surface area contributed by atoms with E-state index in [-0.39, 0.29) is 34.8 Å². The highest BCUT2D eigenvalue weighted by molar-refractivity contribution is 6.54. The monoisotopic (exact) mass is 504 g/mol. The van der Waals surface area contributed by atoms with Gasteiger partial charge in [0.25, 0.3) is 5.91 Å². The van der Waals surface area contributed by atoms with Crippen LogP contribution in [-0.2, 0) is 4.84 Å². The van der Waals surface area contributed by atoms with Crippen LogP contribution in [0.1, 0.15) is 48.2 Å². The van der Waals surface area contributed by atoms with Gasteiger partial charge < -0.3 is 15.9 Å². The Hall–Kier alpha value is -3.66. The van der Waals surface area contributed by atoms with Crippen molar-refractivity contribution in [1.82, 2.24) is 9.97 Å². The Bertz CT molecular complexity index is 1320. The van der Waals surface area contributed by atoms with Crippen molar-refractivity contribution in [3.8, 4) is 11.3 Å². The maximum Gasteiger partial charge on any atom is 0.274 e. The molecule has 1 amide bonds. The summed E-state index contributed by atoms with van der Waals surface area (Å²) in [6, 6.07) is 8.43. The van der Waals surface area contributed by atoms with Crippen LogP contribution < -0.4 is 16.5 Å². The average molecular weight is 504 g/mol. The summed E-state index contributed by atoms with van der Waals surface area (Å²) in [5.74, 6) is -1.68. The minimum atomic E-state index is -0.720. The zero-order chi connectivity index (χ0) is 26.5. The van der Waals surface area contributed by atoms with Gasteiger partial charge in [-0.1, -0.05) is 36.5 Å². The number of amides is 1. The summed E-state index contributed by atoms with van der Waals surface area (Å²) in [4.78, 5) is 26.6. The van der Waals surface area contributed by atoms with Crippen LogP contribution in [-0.4, -0.2) is 42.0 Å². The molecule has 1 saturated carbocycles. The van der Waals surface area contributed by atoms with Gasteiger partial charge in [-0.25, -0.2) is 13.8 Å². The van der Waals surface area contributed by atoms with Crippen LogP contribution in [0.25, 0.3) is 11.3 Å². The number of hydrogen-bond acceptors (Lipinski definition) is 6. The number of anilines is 1. The van der Waals surface area contributed by atoms with E-state index < -0.39 is 17.5 Å². The van der Waals surface area contributed by atoms with Gasteiger partial charge in [-0.2, -0.15) is 0 Å². The first kappa shape index (κ1) is 26.4. The molecule has 7 nitrogen and oxygen atoms in total. The van der Waals surface area contributed by atoms with Crippen LogP contribution in [0.15, 0.2) is 53.9 Å². The van der Waals surface area contributed by atoms with Crippen molar-refractivity contribution >= 4 is 30.0 Å². The summed E-state index contributed by atoms with van der Waals surface area (Å²) in [7, 11) is 3.17.